The maximum Gasteiger partial charge on any atom is 0.326 e. The van der Waals surface area contributed by atoms with Crippen molar-refractivity contribution in [3.8, 4) is 6.07 Å². The molecular weight excluding hydrogens is 172 g/mol. The Balaban J connectivity index is 2.78. The number of carbonyl (C=O) groups is 2. The fourth-order valence-electron chi connectivity index (χ4n) is 1.51. The zero-order valence-corrected chi connectivity index (χ0v) is 7.23. The summed E-state index contributed by atoms with van der Waals surface area (Å²) >= 11 is 0. The summed E-state index contributed by atoms with van der Waals surface area (Å²) in [6, 6.07) is 1.16. The van der Waals surface area contributed by atoms with Gasteiger partial charge in [0, 0.05) is 13.5 Å². The highest BCUT2D eigenvalue weighted by atomic mass is 16.4. The van der Waals surface area contributed by atoms with Crippen LogP contribution < -0.4 is 0 Å². The molecule has 0 bridgehead atoms. The van der Waals surface area contributed by atoms with E-state index in [0.29, 0.717) is 0 Å². The van der Waals surface area contributed by atoms with Crippen LogP contribution in [0.15, 0.2) is 0 Å². The van der Waals surface area contributed by atoms with Gasteiger partial charge in [-0.25, -0.2) is 4.79 Å². The smallest absolute Gasteiger partial charge is 0.326 e. The Morgan fingerprint density at radius 2 is 2.23 bits per heavy atom. The molecule has 1 fully saturated rings. The lowest BCUT2D eigenvalue weighted by atomic mass is 10.1. The van der Waals surface area contributed by atoms with Crippen molar-refractivity contribution in [3.05, 3.63) is 0 Å². The lowest BCUT2D eigenvalue weighted by Crippen LogP contribution is -2.39. The molecule has 5 nitrogen and oxygen atoms in total. The van der Waals surface area contributed by atoms with Gasteiger partial charge in [0.1, 0.15) is 6.04 Å². The Morgan fingerprint density at radius 1 is 1.62 bits per heavy atom. The molecule has 0 saturated carbocycles. The monoisotopic (exact) mass is 182 g/mol. The first kappa shape index (κ1) is 9.52. The molecule has 2 atom stereocenters. The minimum Gasteiger partial charge on any atom is -0.480 e. The van der Waals surface area contributed by atoms with Crippen LogP contribution in [-0.4, -0.2) is 34.5 Å². The molecule has 1 aliphatic heterocycles. The maximum absolute atomic E-state index is 11.0. The molecule has 0 unspecified atom stereocenters. The second-order valence-electron chi connectivity index (χ2n) is 3.09. The fraction of sp³-hybridized carbons (Fsp3) is 0.625. The second-order valence-corrected chi connectivity index (χ2v) is 3.09. The number of amides is 1. The van der Waals surface area contributed by atoms with E-state index in [4.69, 9.17) is 10.4 Å². The average molecular weight is 182 g/mol. The zero-order chi connectivity index (χ0) is 10.0. The van der Waals surface area contributed by atoms with Crippen molar-refractivity contribution < 1.29 is 14.7 Å². The van der Waals surface area contributed by atoms with E-state index in [0.717, 1.165) is 0 Å². The van der Waals surface area contributed by atoms with Crippen molar-refractivity contribution in [1.29, 1.82) is 5.26 Å². The lowest BCUT2D eigenvalue weighted by molar-refractivity contribution is -0.147. The van der Waals surface area contributed by atoms with Crippen molar-refractivity contribution in [2.75, 3.05) is 6.54 Å². The predicted octanol–water partition coefficient (Wildman–Crippen LogP) is -0.168. The van der Waals surface area contributed by atoms with Crippen LogP contribution in [0, 0.1) is 17.2 Å². The summed E-state index contributed by atoms with van der Waals surface area (Å²) in [7, 11) is 0. The molecule has 5 heteroatoms. The number of hydrogen-bond acceptors (Lipinski definition) is 3. The molecule has 1 aliphatic rings. The Bertz CT molecular complexity index is 260. The van der Waals surface area contributed by atoms with Gasteiger partial charge in [0.05, 0.1) is 12.0 Å². The number of aliphatic carboxylic acids is 1. The topological polar surface area (TPSA) is 81.4 Å². The molecule has 13 heavy (non-hydrogen) atoms. The molecule has 1 heterocycles. The van der Waals surface area contributed by atoms with Gasteiger partial charge in [-0.3, -0.25) is 4.79 Å². The van der Waals surface area contributed by atoms with E-state index in [1.165, 1.54) is 11.8 Å². The molecule has 0 aromatic carbocycles. The summed E-state index contributed by atoms with van der Waals surface area (Å²) in [4.78, 5) is 22.9. The Labute approximate surface area is 75.6 Å². The first-order chi connectivity index (χ1) is 6.06. The number of likely N-dealkylation sites (tertiary alicyclic amines) is 1. The molecule has 1 amide bonds. The van der Waals surface area contributed by atoms with E-state index in [9.17, 15) is 9.59 Å². The molecule has 70 valence electrons. The van der Waals surface area contributed by atoms with Gasteiger partial charge in [0.15, 0.2) is 0 Å². The van der Waals surface area contributed by atoms with Crippen molar-refractivity contribution in [3.63, 3.8) is 0 Å². The van der Waals surface area contributed by atoms with E-state index in [1.54, 1.807) is 0 Å². The molecule has 0 aliphatic carbocycles. The molecule has 0 aromatic heterocycles. The highest BCUT2D eigenvalue weighted by Gasteiger charge is 2.38. The standard InChI is InChI=1S/C8H10N2O3/c1-5(11)10-4-6(3-9)2-7(10)8(12)13/h6-7H,2,4H2,1H3,(H,12,13)/t6-,7+/m1/s1. The summed E-state index contributed by atoms with van der Waals surface area (Å²) < 4.78 is 0. The number of nitriles is 1. The number of carboxylic acid groups (broad SMARTS) is 1. The van der Waals surface area contributed by atoms with Gasteiger partial charge in [-0.05, 0) is 6.42 Å². The minimum atomic E-state index is -1.03. The molecule has 1 saturated heterocycles. The van der Waals surface area contributed by atoms with Crippen LogP contribution in [0.25, 0.3) is 0 Å². The van der Waals surface area contributed by atoms with Crippen LogP contribution in [0.5, 0.6) is 0 Å². The lowest BCUT2D eigenvalue weighted by Gasteiger charge is -2.18. The molecular formula is C8H10N2O3. The summed E-state index contributed by atoms with van der Waals surface area (Å²) in [6.07, 6.45) is 0.241. The van der Waals surface area contributed by atoms with Gasteiger partial charge in [-0.1, -0.05) is 0 Å². The number of carboxylic acids is 1. The minimum absolute atomic E-state index is 0.239. The summed E-state index contributed by atoms with van der Waals surface area (Å²) in [6.45, 7) is 1.55. The van der Waals surface area contributed by atoms with E-state index in [1.807, 2.05) is 6.07 Å². The number of hydrogen-bond donors (Lipinski definition) is 1. The summed E-state index contributed by atoms with van der Waals surface area (Å²) in [5, 5.41) is 17.3. The third-order valence-electron chi connectivity index (χ3n) is 2.17. The Morgan fingerprint density at radius 3 is 2.54 bits per heavy atom. The third-order valence-corrected chi connectivity index (χ3v) is 2.17. The van der Waals surface area contributed by atoms with Crippen LogP contribution in [-0.2, 0) is 9.59 Å². The zero-order valence-electron chi connectivity index (χ0n) is 7.23. The first-order valence-electron chi connectivity index (χ1n) is 3.96. The van der Waals surface area contributed by atoms with Gasteiger partial charge in [0.25, 0.3) is 0 Å². The van der Waals surface area contributed by atoms with Crippen molar-refractivity contribution in [1.82, 2.24) is 4.90 Å². The fourth-order valence-corrected chi connectivity index (χ4v) is 1.51. The molecule has 1 rings (SSSR count). The van der Waals surface area contributed by atoms with E-state index >= 15 is 0 Å². The van der Waals surface area contributed by atoms with Gasteiger partial charge in [0.2, 0.25) is 5.91 Å². The molecule has 1 N–H and O–H groups in total. The molecule has 0 aromatic rings. The Kier molecular flexibility index (Phi) is 2.52. The van der Waals surface area contributed by atoms with E-state index < -0.39 is 12.0 Å². The van der Waals surface area contributed by atoms with Crippen molar-refractivity contribution in [2.24, 2.45) is 5.92 Å². The van der Waals surface area contributed by atoms with Crippen LogP contribution in [0.1, 0.15) is 13.3 Å². The highest BCUT2D eigenvalue weighted by molar-refractivity contribution is 5.83. The van der Waals surface area contributed by atoms with Crippen LogP contribution in [0.3, 0.4) is 0 Å². The van der Waals surface area contributed by atoms with Gasteiger partial charge in [-0.2, -0.15) is 5.26 Å². The van der Waals surface area contributed by atoms with Crippen LogP contribution in [0.2, 0.25) is 0 Å². The SMILES string of the molecule is CC(=O)N1C[C@@H](C#N)C[C@H]1C(=O)O. The normalized spacial score (nSPS) is 26.9. The van der Waals surface area contributed by atoms with Gasteiger partial charge in [-0.15, -0.1) is 0 Å². The Hall–Kier alpha value is -1.57. The first-order valence-corrected chi connectivity index (χ1v) is 3.96. The second kappa shape index (κ2) is 3.44. The number of carbonyl (C=O) groups excluding carboxylic acids is 1. The largest absolute Gasteiger partial charge is 0.480 e. The van der Waals surface area contributed by atoms with E-state index in [-0.39, 0.29) is 24.8 Å². The highest BCUT2D eigenvalue weighted by Crippen LogP contribution is 2.22. The van der Waals surface area contributed by atoms with Crippen LogP contribution >= 0.6 is 0 Å². The molecule has 0 spiro atoms. The number of nitrogens with zero attached hydrogens (tertiary/aromatic N) is 2. The van der Waals surface area contributed by atoms with Crippen molar-refractivity contribution >= 4 is 11.9 Å². The summed E-state index contributed by atoms with van der Waals surface area (Å²) in [5.74, 6) is -1.66. The van der Waals surface area contributed by atoms with Gasteiger partial charge >= 0.3 is 5.97 Å². The third kappa shape index (κ3) is 1.78. The van der Waals surface area contributed by atoms with Crippen LogP contribution in [0.4, 0.5) is 0 Å². The maximum atomic E-state index is 11.0. The number of rotatable bonds is 1. The quantitative estimate of drug-likeness (QED) is 0.610. The van der Waals surface area contributed by atoms with E-state index in [2.05, 4.69) is 0 Å². The van der Waals surface area contributed by atoms with Crippen molar-refractivity contribution in [2.45, 2.75) is 19.4 Å². The van der Waals surface area contributed by atoms with Gasteiger partial charge < -0.3 is 10.0 Å². The predicted molar refractivity (Wildman–Crippen MR) is 42.5 cm³/mol. The molecule has 0 radical (unpaired) electrons. The summed E-state index contributed by atoms with van der Waals surface area (Å²) in [5.41, 5.74) is 0. The average Bonchev–Trinajstić information content (AvgIpc) is 2.47.